The Kier molecular flexibility index (Phi) is 5.71. The molecule has 0 radical (unpaired) electrons. The summed E-state index contributed by atoms with van der Waals surface area (Å²) in [6, 6.07) is 9.05. The van der Waals surface area contributed by atoms with Crippen LogP contribution in [-0.4, -0.2) is 11.5 Å². The molecule has 0 atom stereocenters. The van der Waals surface area contributed by atoms with Crippen molar-refractivity contribution < 1.29 is 9.66 Å². The fraction of sp³-hybridized carbons (Fsp3) is 0.333. The number of benzene rings is 1. The Labute approximate surface area is 127 Å². The summed E-state index contributed by atoms with van der Waals surface area (Å²) in [7, 11) is 0. The number of hydrogen-bond acceptors (Lipinski definition) is 5. The molecule has 2 rings (SSSR count). The molecule has 1 aromatic carbocycles. The molecule has 2 aromatic rings. The molecule has 0 saturated heterocycles. The molecule has 0 amide bonds. The Hall–Kier alpha value is -1.92. The van der Waals surface area contributed by atoms with Gasteiger partial charge in [0.2, 0.25) is 0 Å². The van der Waals surface area contributed by atoms with Gasteiger partial charge in [-0.25, -0.2) is 0 Å². The first kappa shape index (κ1) is 15.5. The maximum absolute atomic E-state index is 11.1. The molecule has 0 spiro atoms. The van der Waals surface area contributed by atoms with Crippen molar-refractivity contribution in [3.05, 3.63) is 56.3 Å². The van der Waals surface area contributed by atoms with Crippen molar-refractivity contribution in [3.8, 4) is 0 Å². The minimum Gasteiger partial charge on any atom is -0.379 e. The number of thiophene rings is 1. The fourth-order valence-corrected chi connectivity index (χ4v) is 2.61. The van der Waals surface area contributed by atoms with E-state index in [1.165, 1.54) is 6.07 Å². The number of nitrogens with one attached hydrogen (secondary N) is 1. The summed E-state index contributed by atoms with van der Waals surface area (Å²) in [5.74, 6) is 0. The zero-order valence-electron chi connectivity index (χ0n) is 11.9. The summed E-state index contributed by atoms with van der Waals surface area (Å²) in [6.07, 6.45) is 0.904. The number of nitro groups is 1. The summed E-state index contributed by atoms with van der Waals surface area (Å²) < 4.78 is 5.67. The van der Waals surface area contributed by atoms with Crippen molar-refractivity contribution in [1.29, 1.82) is 0 Å². The van der Waals surface area contributed by atoms with E-state index in [0.29, 0.717) is 25.4 Å². The smallest absolute Gasteiger partial charge is 0.292 e. The molecule has 0 fully saturated rings. The Morgan fingerprint density at radius 1 is 1.29 bits per heavy atom. The van der Waals surface area contributed by atoms with Gasteiger partial charge in [0.05, 0.1) is 18.1 Å². The molecule has 112 valence electrons. The van der Waals surface area contributed by atoms with Gasteiger partial charge in [-0.05, 0) is 17.9 Å². The van der Waals surface area contributed by atoms with Gasteiger partial charge in [0.25, 0.3) is 5.69 Å². The number of nitrogens with zero attached hydrogens (tertiary/aromatic N) is 1. The van der Waals surface area contributed by atoms with Gasteiger partial charge in [-0.15, -0.1) is 11.3 Å². The van der Waals surface area contributed by atoms with E-state index in [4.69, 9.17) is 4.74 Å². The van der Waals surface area contributed by atoms with Crippen molar-refractivity contribution in [3.63, 3.8) is 0 Å². The summed E-state index contributed by atoms with van der Waals surface area (Å²) in [6.45, 7) is 3.59. The maximum Gasteiger partial charge on any atom is 0.292 e. The Balaban J connectivity index is 2.09. The van der Waals surface area contributed by atoms with E-state index in [0.717, 1.165) is 16.9 Å². The van der Waals surface area contributed by atoms with Crippen LogP contribution < -0.4 is 5.32 Å². The Bertz CT molecular complexity index is 585. The van der Waals surface area contributed by atoms with Crippen LogP contribution in [0.3, 0.4) is 0 Å². The van der Waals surface area contributed by atoms with Gasteiger partial charge in [-0.2, -0.15) is 0 Å². The second-order valence-electron chi connectivity index (χ2n) is 4.57. The largest absolute Gasteiger partial charge is 0.379 e. The third-order valence-electron chi connectivity index (χ3n) is 2.96. The highest BCUT2D eigenvalue weighted by atomic mass is 32.1. The Morgan fingerprint density at radius 3 is 2.81 bits per heavy atom. The molecule has 6 heteroatoms. The molecule has 5 nitrogen and oxygen atoms in total. The third kappa shape index (κ3) is 4.27. The summed E-state index contributed by atoms with van der Waals surface area (Å²) >= 11 is 1.64. The van der Waals surface area contributed by atoms with Crippen molar-refractivity contribution in [1.82, 2.24) is 0 Å². The summed E-state index contributed by atoms with van der Waals surface area (Å²) in [5, 5.41) is 16.3. The van der Waals surface area contributed by atoms with Crippen LogP contribution in [0.1, 0.15) is 23.8 Å². The number of para-hydroxylation sites is 1. The van der Waals surface area contributed by atoms with Gasteiger partial charge in [-0.1, -0.05) is 25.1 Å². The quantitative estimate of drug-likeness (QED) is 0.586. The predicted octanol–water partition coefficient (Wildman–Crippen LogP) is 4.20. The van der Waals surface area contributed by atoms with E-state index in [1.807, 2.05) is 30.5 Å². The second kappa shape index (κ2) is 7.75. The molecular formula is C15H18N2O3S. The lowest BCUT2D eigenvalue weighted by Crippen LogP contribution is -2.07. The molecule has 0 bridgehead atoms. The molecule has 1 N–H and O–H groups in total. The molecule has 0 saturated carbocycles. The van der Waals surface area contributed by atoms with Crippen molar-refractivity contribution in [2.75, 3.05) is 11.9 Å². The fourth-order valence-electron chi connectivity index (χ4n) is 1.97. The molecule has 0 aliphatic heterocycles. The van der Waals surface area contributed by atoms with Gasteiger partial charge in [-0.3, -0.25) is 10.1 Å². The first-order valence-corrected chi connectivity index (χ1v) is 7.70. The number of anilines is 1. The highest BCUT2D eigenvalue weighted by Gasteiger charge is 2.16. The van der Waals surface area contributed by atoms with Crippen LogP contribution in [-0.2, 0) is 18.0 Å². The van der Waals surface area contributed by atoms with E-state index in [2.05, 4.69) is 5.32 Å². The first-order valence-electron chi connectivity index (χ1n) is 6.82. The zero-order valence-corrected chi connectivity index (χ0v) is 12.7. The monoisotopic (exact) mass is 306 g/mol. The average molecular weight is 306 g/mol. The van der Waals surface area contributed by atoms with Crippen LogP contribution in [0.4, 0.5) is 11.4 Å². The van der Waals surface area contributed by atoms with Crippen LogP contribution in [0.5, 0.6) is 0 Å². The summed E-state index contributed by atoms with van der Waals surface area (Å²) in [4.78, 5) is 11.9. The third-order valence-corrected chi connectivity index (χ3v) is 3.81. The number of ether oxygens (including phenoxy) is 1. The molecule has 21 heavy (non-hydrogen) atoms. The summed E-state index contributed by atoms with van der Waals surface area (Å²) in [5.41, 5.74) is 1.48. The second-order valence-corrected chi connectivity index (χ2v) is 5.60. The number of rotatable bonds is 8. The molecule has 1 heterocycles. The van der Waals surface area contributed by atoms with Crippen LogP contribution in [0.25, 0.3) is 0 Å². The van der Waals surface area contributed by atoms with Gasteiger partial charge in [0, 0.05) is 23.1 Å². The molecule has 1 aromatic heterocycles. The van der Waals surface area contributed by atoms with Gasteiger partial charge >= 0.3 is 0 Å². The topological polar surface area (TPSA) is 64.4 Å². The maximum atomic E-state index is 11.1. The van der Waals surface area contributed by atoms with Gasteiger partial charge < -0.3 is 10.1 Å². The van der Waals surface area contributed by atoms with E-state index >= 15 is 0 Å². The van der Waals surface area contributed by atoms with Gasteiger partial charge in [0.1, 0.15) is 5.69 Å². The SMILES string of the molecule is CCCNc1c(COCc2cccs2)cccc1[N+](=O)[O-]. The number of hydrogen-bond donors (Lipinski definition) is 1. The highest BCUT2D eigenvalue weighted by molar-refractivity contribution is 7.09. The predicted molar refractivity (Wildman–Crippen MR) is 84.7 cm³/mol. The van der Waals surface area contributed by atoms with E-state index in [-0.39, 0.29) is 10.6 Å². The zero-order chi connectivity index (χ0) is 15.1. The average Bonchev–Trinajstić information content (AvgIpc) is 2.98. The van der Waals surface area contributed by atoms with Crippen LogP contribution >= 0.6 is 11.3 Å². The Morgan fingerprint density at radius 2 is 2.14 bits per heavy atom. The highest BCUT2D eigenvalue weighted by Crippen LogP contribution is 2.29. The normalized spacial score (nSPS) is 10.5. The lowest BCUT2D eigenvalue weighted by atomic mass is 10.1. The molecule has 0 unspecified atom stereocenters. The van der Waals surface area contributed by atoms with Gasteiger partial charge in [0.15, 0.2) is 0 Å². The van der Waals surface area contributed by atoms with E-state index in [9.17, 15) is 10.1 Å². The molecule has 0 aliphatic carbocycles. The molecule has 0 aliphatic rings. The van der Waals surface area contributed by atoms with Crippen molar-refractivity contribution in [2.24, 2.45) is 0 Å². The minimum absolute atomic E-state index is 0.0978. The number of nitro benzene ring substituents is 1. The minimum atomic E-state index is -0.360. The van der Waals surface area contributed by atoms with E-state index in [1.54, 1.807) is 17.4 Å². The lowest BCUT2D eigenvalue weighted by molar-refractivity contribution is -0.384. The first-order chi connectivity index (χ1) is 10.2. The van der Waals surface area contributed by atoms with E-state index < -0.39 is 0 Å². The van der Waals surface area contributed by atoms with Crippen molar-refractivity contribution >= 4 is 22.7 Å². The standard InChI is InChI=1S/C15H18N2O3S/c1-2-8-16-15-12(5-3-7-14(15)17(18)19)10-20-11-13-6-4-9-21-13/h3-7,9,16H,2,8,10-11H2,1H3. The van der Waals surface area contributed by atoms with Crippen LogP contribution in [0.2, 0.25) is 0 Å². The lowest BCUT2D eigenvalue weighted by Gasteiger charge is -2.12. The molecular weight excluding hydrogens is 288 g/mol. The van der Waals surface area contributed by atoms with Crippen LogP contribution in [0, 0.1) is 10.1 Å². The van der Waals surface area contributed by atoms with Crippen molar-refractivity contribution in [2.45, 2.75) is 26.6 Å². The van der Waals surface area contributed by atoms with Crippen LogP contribution in [0.15, 0.2) is 35.7 Å².